The number of aryl methyl sites for hydroxylation is 1. The van der Waals surface area contributed by atoms with E-state index in [0.717, 1.165) is 17.0 Å². The van der Waals surface area contributed by atoms with Crippen LogP contribution in [0.1, 0.15) is 30.8 Å². The summed E-state index contributed by atoms with van der Waals surface area (Å²) < 4.78 is 12.6. The van der Waals surface area contributed by atoms with E-state index < -0.39 is 0 Å². The molecular formula is C17H23Cl2N3O2. The van der Waals surface area contributed by atoms with E-state index in [-0.39, 0.29) is 18.3 Å². The highest BCUT2D eigenvalue weighted by molar-refractivity contribution is 6.30. The third kappa shape index (κ3) is 5.14. The van der Waals surface area contributed by atoms with Crippen molar-refractivity contribution in [3.8, 4) is 5.75 Å². The number of halogens is 2. The molecule has 0 saturated heterocycles. The van der Waals surface area contributed by atoms with E-state index in [1.54, 1.807) is 0 Å². The van der Waals surface area contributed by atoms with Crippen LogP contribution in [0.3, 0.4) is 0 Å². The molecule has 5 nitrogen and oxygen atoms in total. The predicted octanol–water partition coefficient (Wildman–Crippen LogP) is 4.32. The maximum absolute atomic E-state index is 7.71. The Labute approximate surface area is 153 Å². The Morgan fingerprint density at radius 3 is 2.67 bits per heavy atom. The third-order valence-corrected chi connectivity index (χ3v) is 3.57. The number of benzene rings is 1. The fraction of sp³-hybridized carbons (Fsp3) is 0.412. The number of ether oxygens (including phenoxy) is 2. The number of nitrogens with one attached hydrogen (secondary N) is 1. The van der Waals surface area contributed by atoms with Crippen LogP contribution in [0.15, 0.2) is 24.3 Å². The van der Waals surface area contributed by atoms with Gasteiger partial charge in [-0.25, -0.2) is 0 Å². The minimum atomic E-state index is 0. The minimum absolute atomic E-state index is 0. The Hall–Kier alpha value is -1.72. The monoisotopic (exact) mass is 371 g/mol. The van der Waals surface area contributed by atoms with Crippen molar-refractivity contribution in [3.63, 3.8) is 0 Å². The molecule has 0 fully saturated rings. The Bertz CT molecular complexity index is 699. The first-order valence-corrected chi connectivity index (χ1v) is 7.87. The highest BCUT2D eigenvalue weighted by Gasteiger charge is 2.12. The van der Waals surface area contributed by atoms with Gasteiger partial charge in [-0.05, 0) is 37.1 Å². The first-order valence-electron chi connectivity index (χ1n) is 7.49. The van der Waals surface area contributed by atoms with Gasteiger partial charge in [0, 0.05) is 16.3 Å². The summed E-state index contributed by atoms with van der Waals surface area (Å²) >= 11 is 6.12. The normalized spacial score (nSPS) is 10.4. The zero-order valence-corrected chi connectivity index (χ0v) is 15.9. The van der Waals surface area contributed by atoms with Crippen molar-refractivity contribution in [1.82, 2.24) is 9.78 Å². The molecule has 2 rings (SSSR count). The van der Waals surface area contributed by atoms with E-state index in [2.05, 4.69) is 18.9 Å². The van der Waals surface area contributed by atoms with Gasteiger partial charge < -0.3 is 9.47 Å². The van der Waals surface area contributed by atoms with Crippen molar-refractivity contribution >= 4 is 29.9 Å². The molecule has 0 bridgehead atoms. The van der Waals surface area contributed by atoms with Crippen LogP contribution in [0, 0.1) is 18.3 Å². The van der Waals surface area contributed by atoms with E-state index in [0.29, 0.717) is 29.8 Å². The van der Waals surface area contributed by atoms with Gasteiger partial charge in [0.1, 0.15) is 11.4 Å². The fourth-order valence-electron chi connectivity index (χ4n) is 2.12. The maximum atomic E-state index is 7.71. The predicted molar refractivity (Wildman–Crippen MR) is 98.9 cm³/mol. The van der Waals surface area contributed by atoms with E-state index in [9.17, 15) is 0 Å². The molecule has 7 heteroatoms. The Morgan fingerprint density at radius 1 is 1.33 bits per heavy atom. The lowest BCUT2D eigenvalue weighted by molar-refractivity contribution is 0.268. The Balaban J connectivity index is 0.00000288. The van der Waals surface area contributed by atoms with E-state index >= 15 is 0 Å². The molecule has 0 atom stereocenters. The van der Waals surface area contributed by atoms with Crippen LogP contribution < -0.4 is 4.74 Å². The topological polar surface area (TPSA) is 60.1 Å². The van der Waals surface area contributed by atoms with Gasteiger partial charge in [-0.2, -0.15) is 5.10 Å². The molecule has 24 heavy (non-hydrogen) atoms. The second kappa shape index (κ2) is 8.94. The van der Waals surface area contributed by atoms with Gasteiger partial charge in [-0.1, -0.05) is 25.4 Å². The lowest BCUT2D eigenvalue weighted by atomic mass is 10.2. The van der Waals surface area contributed by atoms with Crippen LogP contribution in [-0.2, 0) is 11.3 Å². The average molecular weight is 372 g/mol. The molecule has 0 unspecified atom stereocenters. The zero-order chi connectivity index (χ0) is 17.0. The summed E-state index contributed by atoms with van der Waals surface area (Å²) in [5.74, 6) is 1.30. The summed E-state index contributed by atoms with van der Waals surface area (Å²) in [6.07, 6.45) is 0. The first kappa shape index (κ1) is 20.3. The van der Waals surface area contributed by atoms with Gasteiger partial charge in [0.25, 0.3) is 0 Å². The molecule has 132 valence electrons. The van der Waals surface area contributed by atoms with Gasteiger partial charge in [-0.3, -0.25) is 10.1 Å². The van der Waals surface area contributed by atoms with Crippen LogP contribution in [0.2, 0.25) is 5.02 Å². The van der Waals surface area contributed by atoms with E-state index in [4.69, 9.17) is 26.5 Å². The second-order valence-electron chi connectivity index (χ2n) is 5.82. The minimum Gasteiger partial charge on any atom is -0.493 e. The van der Waals surface area contributed by atoms with Crippen molar-refractivity contribution in [2.24, 2.45) is 5.92 Å². The first-order chi connectivity index (χ1) is 10.9. The number of rotatable bonds is 6. The van der Waals surface area contributed by atoms with Gasteiger partial charge in [0.2, 0.25) is 5.90 Å². The molecular weight excluding hydrogens is 349 g/mol. The molecule has 0 aliphatic carbocycles. The van der Waals surface area contributed by atoms with Crippen LogP contribution in [0.5, 0.6) is 5.75 Å². The number of hydrogen-bond acceptors (Lipinski definition) is 4. The molecule has 2 aromatic rings. The summed E-state index contributed by atoms with van der Waals surface area (Å²) in [6.45, 7) is 7.33. The van der Waals surface area contributed by atoms with Crippen LogP contribution >= 0.6 is 24.0 Å². The summed E-state index contributed by atoms with van der Waals surface area (Å²) in [7, 11) is 1.46. The summed E-state index contributed by atoms with van der Waals surface area (Å²) in [5, 5.41) is 12.8. The van der Waals surface area contributed by atoms with Crippen LogP contribution in [0.4, 0.5) is 0 Å². The van der Waals surface area contributed by atoms with E-state index in [1.807, 2.05) is 35.9 Å². The second-order valence-corrected chi connectivity index (χ2v) is 6.26. The van der Waals surface area contributed by atoms with Crippen molar-refractivity contribution < 1.29 is 9.47 Å². The third-order valence-electron chi connectivity index (χ3n) is 3.33. The fourth-order valence-corrected chi connectivity index (χ4v) is 2.31. The summed E-state index contributed by atoms with van der Waals surface area (Å²) in [4.78, 5) is 0. The average Bonchev–Trinajstić information content (AvgIpc) is 2.86. The largest absolute Gasteiger partial charge is 0.493 e. The lowest BCUT2D eigenvalue weighted by Crippen LogP contribution is -2.10. The van der Waals surface area contributed by atoms with Gasteiger partial charge >= 0.3 is 0 Å². The lowest BCUT2D eigenvalue weighted by Gasteiger charge is -2.14. The molecule has 0 amide bonds. The summed E-state index contributed by atoms with van der Waals surface area (Å²) in [6, 6.07) is 7.42. The van der Waals surface area contributed by atoms with Crippen molar-refractivity contribution in [3.05, 3.63) is 46.2 Å². The number of hydrogen-bond donors (Lipinski definition) is 1. The molecule has 1 heterocycles. The molecule has 0 radical (unpaired) electrons. The molecule has 0 aliphatic rings. The molecule has 0 aliphatic heterocycles. The van der Waals surface area contributed by atoms with Crippen molar-refractivity contribution in [2.75, 3.05) is 13.7 Å². The Morgan fingerprint density at radius 2 is 2.04 bits per heavy atom. The zero-order valence-electron chi connectivity index (χ0n) is 14.3. The van der Waals surface area contributed by atoms with Gasteiger partial charge in [0.15, 0.2) is 0 Å². The standard InChI is InChI=1S/C17H22ClN3O2.ClH/c1-11(2)10-23-16-6-5-14(18)8-13(16)9-21-12(3)7-15(20-21)17(19)22-4;/h5-8,11,19H,9-10H2,1-4H3;1H. The molecule has 0 saturated carbocycles. The smallest absolute Gasteiger partial charge is 0.234 e. The maximum Gasteiger partial charge on any atom is 0.234 e. The number of methoxy groups -OCH3 is 1. The van der Waals surface area contributed by atoms with Crippen LogP contribution in [-0.4, -0.2) is 29.4 Å². The van der Waals surface area contributed by atoms with Crippen molar-refractivity contribution in [2.45, 2.75) is 27.3 Å². The van der Waals surface area contributed by atoms with Crippen LogP contribution in [0.25, 0.3) is 0 Å². The molecule has 1 aromatic heterocycles. The molecule has 1 aromatic carbocycles. The van der Waals surface area contributed by atoms with Gasteiger partial charge in [-0.15, -0.1) is 12.4 Å². The highest BCUT2D eigenvalue weighted by Crippen LogP contribution is 2.25. The summed E-state index contributed by atoms with van der Waals surface area (Å²) in [5.41, 5.74) is 2.41. The SMILES string of the molecule is COC(=N)c1cc(C)n(Cc2cc(Cl)ccc2OCC(C)C)n1.Cl. The van der Waals surface area contributed by atoms with Gasteiger partial charge in [0.05, 0.1) is 20.3 Å². The van der Waals surface area contributed by atoms with E-state index in [1.165, 1.54) is 7.11 Å². The quantitative estimate of drug-likeness (QED) is 0.607. The van der Waals surface area contributed by atoms with Crippen molar-refractivity contribution in [1.29, 1.82) is 5.41 Å². The highest BCUT2D eigenvalue weighted by atomic mass is 35.5. The molecule has 1 N–H and O–H groups in total. The Kier molecular flexibility index (Phi) is 7.58. The number of nitrogens with zero attached hydrogens (tertiary/aromatic N) is 2. The molecule has 0 spiro atoms. The number of aromatic nitrogens is 2.